The molecule has 2 N–H and O–H groups in total. The molecule has 2 heterocycles. The molecule has 4 rings (SSSR count). The van der Waals surface area contributed by atoms with Crippen molar-refractivity contribution in [3.63, 3.8) is 0 Å². The number of methoxy groups -OCH3 is 2. The number of fused-ring (bicyclic) bond motifs is 1. The number of para-hydroxylation sites is 1. The standard InChI is InChI=1S/C24H29N5O4/c1-24(2,33-16-8-6-5-7-9-16)22(30)28-10-12-29(13-11-28)23-26-18-15-20(32-4)19(31-3)14-17(18)21(25)27-23/h5-9,14-15H,10-13H2,1-4H3,(H2,25,26,27). The number of piperazine rings is 1. The third-order valence-electron chi connectivity index (χ3n) is 5.70. The molecule has 9 nitrogen and oxygen atoms in total. The van der Waals surface area contributed by atoms with Gasteiger partial charge < -0.3 is 29.7 Å². The van der Waals surface area contributed by atoms with Crippen LogP contribution in [0, 0.1) is 0 Å². The van der Waals surface area contributed by atoms with Crippen molar-refractivity contribution in [3.8, 4) is 17.2 Å². The molecule has 2 aromatic carbocycles. The average molecular weight is 452 g/mol. The van der Waals surface area contributed by atoms with Crippen molar-refractivity contribution in [1.29, 1.82) is 0 Å². The molecule has 174 valence electrons. The zero-order valence-corrected chi connectivity index (χ0v) is 19.4. The molecular weight excluding hydrogens is 422 g/mol. The number of aromatic nitrogens is 2. The minimum Gasteiger partial charge on any atom is -0.493 e. The van der Waals surface area contributed by atoms with Crippen LogP contribution in [0.4, 0.5) is 11.8 Å². The van der Waals surface area contributed by atoms with Crippen molar-refractivity contribution in [2.75, 3.05) is 51.0 Å². The summed E-state index contributed by atoms with van der Waals surface area (Å²) >= 11 is 0. The number of hydrogen-bond donors (Lipinski definition) is 1. The minimum atomic E-state index is -0.969. The molecule has 0 atom stereocenters. The lowest BCUT2D eigenvalue weighted by atomic mass is 10.1. The SMILES string of the molecule is COc1cc2nc(N3CCN(C(=O)C(C)(C)Oc4ccccc4)CC3)nc(N)c2cc1OC. The molecule has 0 radical (unpaired) electrons. The molecule has 9 heteroatoms. The van der Waals surface area contributed by atoms with Gasteiger partial charge in [-0.1, -0.05) is 18.2 Å². The Balaban J connectivity index is 1.47. The van der Waals surface area contributed by atoms with Gasteiger partial charge in [0.1, 0.15) is 11.6 Å². The number of nitrogens with zero attached hydrogens (tertiary/aromatic N) is 4. The zero-order chi connectivity index (χ0) is 23.6. The van der Waals surface area contributed by atoms with Gasteiger partial charge in [-0.05, 0) is 32.0 Å². The molecule has 1 aromatic heterocycles. The highest BCUT2D eigenvalue weighted by Gasteiger charge is 2.36. The third kappa shape index (κ3) is 4.57. The lowest BCUT2D eigenvalue weighted by Crippen LogP contribution is -2.56. The summed E-state index contributed by atoms with van der Waals surface area (Å²) in [5.74, 6) is 2.65. The smallest absolute Gasteiger partial charge is 0.266 e. The number of hydrogen-bond acceptors (Lipinski definition) is 8. The number of ether oxygens (including phenoxy) is 3. The molecule has 0 spiro atoms. The Labute approximate surface area is 193 Å². The van der Waals surface area contributed by atoms with Gasteiger partial charge in [-0.2, -0.15) is 4.98 Å². The number of amides is 1. The van der Waals surface area contributed by atoms with Crippen LogP contribution in [-0.2, 0) is 4.79 Å². The molecule has 1 amide bonds. The Morgan fingerprint density at radius 1 is 0.970 bits per heavy atom. The summed E-state index contributed by atoms with van der Waals surface area (Å²) in [6.07, 6.45) is 0. The van der Waals surface area contributed by atoms with Crippen LogP contribution in [0.2, 0.25) is 0 Å². The maximum Gasteiger partial charge on any atom is 0.266 e. The van der Waals surface area contributed by atoms with Crippen LogP contribution in [0.1, 0.15) is 13.8 Å². The number of anilines is 2. The summed E-state index contributed by atoms with van der Waals surface area (Å²) in [6, 6.07) is 12.9. The maximum absolute atomic E-state index is 13.1. The first-order valence-corrected chi connectivity index (χ1v) is 10.8. The van der Waals surface area contributed by atoms with Crippen LogP contribution in [-0.4, -0.2) is 66.8 Å². The van der Waals surface area contributed by atoms with Crippen LogP contribution in [0.5, 0.6) is 17.2 Å². The molecule has 1 fully saturated rings. The second-order valence-electron chi connectivity index (χ2n) is 8.34. The van der Waals surface area contributed by atoms with Crippen molar-refractivity contribution in [2.45, 2.75) is 19.4 Å². The summed E-state index contributed by atoms with van der Waals surface area (Å²) in [7, 11) is 3.15. The van der Waals surface area contributed by atoms with Crippen LogP contribution in [0.15, 0.2) is 42.5 Å². The quantitative estimate of drug-likeness (QED) is 0.610. The number of carbonyl (C=O) groups excluding carboxylic acids is 1. The highest BCUT2D eigenvalue weighted by atomic mass is 16.5. The second-order valence-corrected chi connectivity index (χ2v) is 8.34. The largest absolute Gasteiger partial charge is 0.493 e. The number of nitrogens with two attached hydrogens (primary N) is 1. The first kappa shape index (κ1) is 22.4. The van der Waals surface area contributed by atoms with E-state index < -0.39 is 5.60 Å². The van der Waals surface area contributed by atoms with E-state index >= 15 is 0 Å². The van der Waals surface area contributed by atoms with Gasteiger partial charge in [-0.15, -0.1) is 0 Å². The molecule has 0 bridgehead atoms. The van der Waals surface area contributed by atoms with E-state index in [0.717, 1.165) is 0 Å². The van der Waals surface area contributed by atoms with E-state index in [2.05, 4.69) is 9.97 Å². The lowest BCUT2D eigenvalue weighted by molar-refractivity contribution is -0.145. The van der Waals surface area contributed by atoms with Gasteiger partial charge in [-0.25, -0.2) is 4.98 Å². The molecule has 0 unspecified atom stereocenters. The molecule has 33 heavy (non-hydrogen) atoms. The van der Waals surface area contributed by atoms with E-state index in [1.807, 2.05) is 40.1 Å². The predicted molar refractivity (Wildman–Crippen MR) is 127 cm³/mol. The molecular formula is C24H29N5O4. The van der Waals surface area contributed by atoms with Gasteiger partial charge >= 0.3 is 0 Å². The Kier molecular flexibility index (Phi) is 6.13. The van der Waals surface area contributed by atoms with Gasteiger partial charge in [0.2, 0.25) is 5.95 Å². The molecule has 0 saturated carbocycles. The summed E-state index contributed by atoms with van der Waals surface area (Å²) in [6.45, 7) is 5.84. The summed E-state index contributed by atoms with van der Waals surface area (Å²) in [5.41, 5.74) is 5.93. The van der Waals surface area contributed by atoms with Gasteiger partial charge in [0.05, 0.1) is 19.7 Å². The minimum absolute atomic E-state index is 0.0539. The Hall–Kier alpha value is -3.75. The molecule has 3 aromatic rings. The van der Waals surface area contributed by atoms with E-state index in [9.17, 15) is 4.79 Å². The fourth-order valence-electron chi connectivity index (χ4n) is 3.93. The molecule has 1 aliphatic heterocycles. The summed E-state index contributed by atoms with van der Waals surface area (Å²) in [5, 5.41) is 0.699. The predicted octanol–water partition coefficient (Wildman–Crippen LogP) is 2.74. The van der Waals surface area contributed by atoms with E-state index in [4.69, 9.17) is 19.9 Å². The first-order chi connectivity index (χ1) is 15.8. The molecule has 1 aliphatic rings. The van der Waals surface area contributed by atoms with Gasteiger partial charge in [0.25, 0.3) is 5.91 Å². The highest BCUT2D eigenvalue weighted by molar-refractivity contribution is 5.92. The van der Waals surface area contributed by atoms with Crippen LogP contribution in [0.3, 0.4) is 0 Å². The number of nitrogen functional groups attached to an aromatic ring is 1. The maximum atomic E-state index is 13.1. The molecule has 0 aliphatic carbocycles. The normalized spacial score (nSPS) is 14.3. The topological polar surface area (TPSA) is 103 Å². The number of benzene rings is 2. The Morgan fingerprint density at radius 3 is 2.24 bits per heavy atom. The monoisotopic (exact) mass is 451 g/mol. The van der Waals surface area contributed by atoms with Crippen molar-refractivity contribution in [2.24, 2.45) is 0 Å². The number of rotatable bonds is 6. The second kappa shape index (κ2) is 9.01. The zero-order valence-electron chi connectivity index (χ0n) is 19.4. The molecule has 1 saturated heterocycles. The van der Waals surface area contributed by atoms with Crippen molar-refractivity contribution in [3.05, 3.63) is 42.5 Å². The fourth-order valence-corrected chi connectivity index (χ4v) is 3.93. The summed E-state index contributed by atoms with van der Waals surface area (Å²) < 4.78 is 16.7. The Morgan fingerprint density at radius 2 is 1.61 bits per heavy atom. The van der Waals surface area contributed by atoms with E-state index in [-0.39, 0.29) is 5.91 Å². The van der Waals surface area contributed by atoms with E-state index in [1.54, 1.807) is 40.2 Å². The van der Waals surface area contributed by atoms with Crippen LogP contribution < -0.4 is 24.8 Å². The van der Waals surface area contributed by atoms with E-state index in [0.29, 0.717) is 66.1 Å². The lowest BCUT2D eigenvalue weighted by Gasteiger charge is -2.38. The van der Waals surface area contributed by atoms with Crippen molar-refractivity contribution in [1.82, 2.24) is 14.9 Å². The third-order valence-corrected chi connectivity index (χ3v) is 5.70. The van der Waals surface area contributed by atoms with Crippen molar-refractivity contribution >= 4 is 28.6 Å². The van der Waals surface area contributed by atoms with Crippen LogP contribution in [0.25, 0.3) is 10.9 Å². The fraction of sp³-hybridized carbons (Fsp3) is 0.375. The van der Waals surface area contributed by atoms with E-state index in [1.165, 1.54) is 0 Å². The highest BCUT2D eigenvalue weighted by Crippen LogP contribution is 2.34. The van der Waals surface area contributed by atoms with Gasteiger partial charge in [0, 0.05) is 37.6 Å². The Bertz CT molecular complexity index is 1140. The summed E-state index contributed by atoms with van der Waals surface area (Å²) in [4.78, 5) is 26.2. The van der Waals surface area contributed by atoms with Crippen LogP contribution >= 0.6 is 0 Å². The average Bonchev–Trinajstić information content (AvgIpc) is 2.83. The number of carbonyl (C=O) groups is 1. The van der Waals surface area contributed by atoms with Gasteiger partial charge in [0.15, 0.2) is 17.1 Å². The first-order valence-electron chi connectivity index (χ1n) is 10.8. The van der Waals surface area contributed by atoms with Gasteiger partial charge in [-0.3, -0.25) is 4.79 Å². The van der Waals surface area contributed by atoms with Crippen molar-refractivity contribution < 1.29 is 19.0 Å².